The van der Waals surface area contributed by atoms with Gasteiger partial charge in [-0.15, -0.1) is 0 Å². The number of nitrogens with zero attached hydrogens (tertiary/aromatic N) is 3. The van der Waals surface area contributed by atoms with Crippen LogP contribution in [0.5, 0.6) is 5.75 Å². The van der Waals surface area contributed by atoms with Gasteiger partial charge in [0.2, 0.25) is 0 Å². The number of fused-ring (bicyclic) bond motifs is 2. The van der Waals surface area contributed by atoms with E-state index in [-0.39, 0.29) is 11.9 Å². The van der Waals surface area contributed by atoms with E-state index in [1.54, 1.807) is 25.6 Å². The van der Waals surface area contributed by atoms with Crippen LogP contribution in [0.15, 0.2) is 42.9 Å². The fourth-order valence-electron chi connectivity index (χ4n) is 4.20. The Morgan fingerprint density at radius 3 is 3.04 bits per heavy atom. The van der Waals surface area contributed by atoms with Gasteiger partial charge in [-0.05, 0) is 42.5 Å². The van der Waals surface area contributed by atoms with Crippen LogP contribution >= 0.6 is 0 Å². The third-order valence-corrected chi connectivity index (χ3v) is 5.69. The van der Waals surface area contributed by atoms with Crippen LogP contribution in [-0.4, -0.2) is 27.6 Å². The van der Waals surface area contributed by atoms with Crippen molar-refractivity contribution in [3.63, 3.8) is 0 Å². The number of nitrogens with one attached hydrogen (secondary N) is 1. The molecule has 0 spiro atoms. The third kappa shape index (κ3) is 2.95. The molecule has 2 aliphatic rings. The summed E-state index contributed by atoms with van der Waals surface area (Å²) in [5.74, 6) is 1.62. The van der Waals surface area contributed by atoms with E-state index in [1.807, 2.05) is 0 Å². The van der Waals surface area contributed by atoms with Crippen molar-refractivity contribution in [2.45, 2.75) is 38.3 Å². The number of pyridine rings is 1. The summed E-state index contributed by atoms with van der Waals surface area (Å²) in [6.45, 7) is 1.06. The largest absolute Gasteiger partial charge is 0.495 e. The Morgan fingerprint density at radius 1 is 1.25 bits per heavy atom. The lowest BCUT2D eigenvalue weighted by atomic mass is 10.0. The Kier molecular flexibility index (Phi) is 4.11. The van der Waals surface area contributed by atoms with Crippen molar-refractivity contribution < 1.29 is 9.53 Å². The molecule has 1 amide bonds. The number of hydrogen-bond donors (Lipinski definition) is 1. The van der Waals surface area contributed by atoms with Gasteiger partial charge < -0.3 is 14.6 Å². The van der Waals surface area contributed by atoms with Gasteiger partial charge >= 0.3 is 0 Å². The Labute approximate surface area is 163 Å². The fourth-order valence-corrected chi connectivity index (χ4v) is 4.20. The van der Waals surface area contributed by atoms with Gasteiger partial charge in [-0.1, -0.05) is 12.1 Å². The average molecular weight is 374 g/mol. The highest BCUT2D eigenvalue weighted by Gasteiger charge is 2.26. The van der Waals surface area contributed by atoms with E-state index >= 15 is 0 Å². The molecule has 0 unspecified atom stereocenters. The number of amides is 1. The zero-order valence-corrected chi connectivity index (χ0v) is 15.8. The Hall–Kier alpha value is -3.15. The Balaban J connectivity index is 1.39. The summed E-state index contributed by atoms with van der Waals surface area (Å²) in [7, 11) is 1.57. The highest BCUT2D eigenvalue weighted by Crippen LogP contribution is 2.35. The standard InChI is InChI=1S/C22H22N4O2/c1-28-17-9-16(11-23-12-17)22(27)25-19-7-6-14-4-5-15(10-18(14)19)20-13-26-8-2-3-21(26)24-20/h4-5,9-13,19H,2-3,6-8H2,1H3,(H,25,27)/t19-/m1/s1. The number of hydrogen-bond acceptors (Lipinski definition) is 4. The topological polar surface area (TPSA) is 69.0 Å². The molecule has 1 aromatic carbocycles. The second kappa shape index (κ2) is 6.78. The summed E-state index contributed by atoms with van der Waals surface area (Å²) in [5.41, 5.74) is 5.13. The van der Waals surface area contributed by atoms with E-state index in [9.17, 15) is 4.79 Å². The molecule has 1 N–H and O–H groups in total. The molecule has 28 heavy (non-hydrogen) atoms. The molecule has 1 atom stereocenters. The van der Waals surface area contributed by atoms with E-state index in [1.165, 1.54) is 23.4 Å². The fraction of sp³-hybridized carbons (Fsp3) is 0.318. The first kappa shape index (κ1) is 17.0. The highest BCUT2D eigenvalue weighted by molar-refractivity contribution is 5.94. The van der Waals surface area contributed by atoms with Crippen LogP contribution in [0, 0.1) is 0 Å². The number of aromatic nitrogens is 3. The molecule has 0 saturated heterocycles. The molecule has 0 fully saturated rings. The minimum atomic E-state index is -0.129. The molecule has 6 heteroatoms. The second-order valence-electron chi connectivity index (χ2n) is 7.43. The molecule has 6 nitrogen and oxygen atoms in total. The van der Waals surface area contributed by atoms with Gasteiger partial charge in [0, 0.05) is 30.9 Å². The zero-order valence-electron chi connectivity index (χ0n) is 15.8. The lowest BCUT2D eigenvalue weighted by Gasteiger charge is -2.15. The number of methoxy groups -OCH3 is 1. The van der Waals surface area contributed by atoms with Crippen molar-refractivity contribution in [3.8, 4) is 17.0 Å². The molecule has 2 aromatic heterocycles. The zero-order chi connectivity index (χ0) is 19.1. The van der Waals surface area contributed by atoms with Crippen molar-refractivity contribution in [3.05, 3.63) is 65.4 Å². The summed E-state index contributed by atoms with van der Waals surface area (Å²) in [6.07, 6.45) is 9.41. The summed E-state index contributed by atoms with van der Waals surface area (Å²) < 4.78 is 7.42. The van der Waals surface area contributed by atoms with Crippen LogP contribution in [0.3, 0.4) is 0 Å². The van der Waals surface area contributed by atoms with Crippen LogP contribution in [0.4, 0.5) is 0 Å². The molecule has 1 aliphatic heterocycles. The quantitative estimate of drug-likeness (QED) is 0.761. The first-order valence-corrected chi connectivity index (χ1v) is 9.70. The second-order valence-corrected chi connectivity index (χ2v) is 7.43. The molecule has 0 radical (unpaired) electrons. The molecule has 142 valence electrons. The highest BCUT2D eigenvalue weighted by atomic mass is 16.5. The van der Waals surface area contributed by atoms with E-state index in [4.69, 9.17) is 9.72 Å². The van der Waals surface area contributed by atoms with Crippen molar-refractivity contribution in [1.82, 2.24) is 19.9 Å². The average Bonchev–Trinajstić information content (AvgIpc) is 3.43. The molecule has 0 bridgehead atoms. The van der Waals surface area contributed by atoms with Gasteiger partial charge in [0.05, 0.1) is 30.6 Å². The van der Waals surface area contributed by atoms with Gasteiger partial charge in [0.1, 0.15) is 11.6 Å². The van der Waals surface area contributed by atoms with E-state index in [0.717, 1.165) is 37.1 Å². The van der Waals surface area contributed by atoms with Gasteiger partial charge in [0.15, 0.2) is 0 Å². The number of imidazole rings is 1. The van der Waals surface area contributed by atoms with Crippen molar-refractivity contribution in [2.75, 3.05) is 7.11 Å². The summed E-state index contributed by atoms with van der Waals surface area (Å²) in [5, 5.41) is 3.16. The van der Waals surface area contributed by atoms with E-state index in [0.29, 0.717) is 11.3 Å². The molecular weight excluding hydrogens is 352 g/mol. The van der Waals surface area contributed by atoms with Gasteiger partial charge in [-0.3, -0.25) is 9.78 Å². The predicted molar refractivity (Wildman–Crippen MR) is 105 cm³/mol. The summed E-state index contributed by atoms with van der Waals surface area (Å²) in [4.78, 5) is 21.6. The number of ether oxygens (including phenoxy) is 1. The lowest BCUT2D eigenvalue weighted by Crippen LogP contribution is -2.27. The SMILES string of the molecule is COc1cncc(C(=O)N[C@@H]2CCc3ccc(-c4cn5c(n4)CCC5)cc32)c1. The maximum absolute atomic E-state index is 12.7. The first-order valence-electron chi connectivity index (χ1n) is 9.70. The molecule has 0 saturated carbocycles. The molecule has 3 aromatic rings. The van der Waals surface area contributed by atoms with Crippen molar-refractivity contribution >= 4 is 5.91 Å². The minimum Gasteiger partial charge on any atom is -0.495 e. The number of carbonyl (C=O) groups is 1. The lowest BCUT2D eigenvalue weighted by molar-refractivity contribution is 0.0936. The van der Waals surface area contributed by atoms with E-state index < -0.39 is 0 Å². The number of rotatable bonds is 4. The van der Waals surface area contributed by atoms with Crippen LogP contribution < -0.4 is 10.1 Å². The Bertz CT molecular complexity index is 1030. The van der Waals surface area contributed by atoms with Crippen LogP contribution in [0.1, 0.15) is 46.2 Å². The van der Waals surface area contributed by atoms with Gasteiger partial charge in [0.25, 0.3) is 5.91 Å². The number of benzene rings is 1. The Morgan fingerprint density at radius 2 is 2.18 bits per heavy atom. The van der Waals surface area contributed by atoms with Crippen LogP contribution in [0.2, 0.25) is 0 Å². The molecule has 5 rings (SSSR count). The first-order chi connectivity index (χ1) is 13.7. The summed E-state index contributed by atoms with van der Waals surface area (Å²) in [6, 6.07) is 8.22. The minimum absolute atomic E-state index is 0.00288. The molecule has 3 heterocycles. The van der Waals surface area contributed by atoms with Crippen molar-refractivity contribution in [2.24, 2.45) is 0 Å². The maximum Gasteiger partial charge on any atom is 0.253 e. The predicted octanol–water partition coefficient (Wildman–Crippen LogP) is 3.32. The monoisotopic (exact) mass is 374 g/mol. The smallest absolute Gasteiger partial charge is 0.253 e. The van der Waals surface area contributed by atoms with Crippen LogP contribution in [-0.2, 0) is 19.4 Å². The van der Waals surface area contributed by atoms with E-state index in [2.05, 4.69) is 39.3 Å². The molecule has 1 aliphatic carbocycles. The molecular formula is C22H22N4O2. The van der Waals surface area contributed by atoms with Crippen molar-refractivity contribution in [1.29, 1.82) is 0 Å². The summed E-state index contributed by atoms with van der Waals surface area (Å²) >= 11 is 0. The maximum atomic E-state index is 12.7. The van der Waals surface area contributed by atoms with Crippen LogP contribution in [0.25, 0.3) is 11.3 Å². The number of aryl methyl sites for hydroxylation is 3. The van der Waals surface area contributed by atoms with Gasteiger partial charge in [-0.25, -0.2) is 4.98 Å². The van der Waals surface area contributed by atoms with Gasteiger partial charge in [-0.2, -0.15) is 0 Å². The normalized spacial score (nSPS) is 17.2. The third-order valence-electron chi connectivity index (χ3n) is 5.69. The number of carbonyl (C=O) groups excluding carboxylic acids is 1.